The second kappa shape index (κ2) is 7.51. The molecular weight excluding hydrogens is 350 g/mol. The first kappa shape index (κ1) is 17.6. The van der Waals surface area contributed by atoms with Gasteiger partial charge in [0.2, 0.25) is 0 Å². The van der Waals surface area contributed by atoms with E-state index in [1.54, 1.807) is 0 Å². The Bertz CT molecular complexity index is 882. The summed E-state index contributed by atoms with van der Waals surface area (Å²) in [5.41, 5.74) is 3.51. The molecule has 6 heteroatoms. The maximum Gasteiger partial charge on any atom is 0.164 e. The minimum absolute atomic E-state index is 0.753. The second-order valence-corrected chi connectivity index (χ2v) is 8.03. The molecule has 0 unspecified atom stereocenters. The lowest BCUT2D eigenvalue weighted by molar-refractivity contribution is 0.122. The van der Waals surface area contributed by atoms with Gasteiger partial charge < -0.3 is 14.5 Å². The van der Waals surface area contributed by atoms with Crippen LogP contribution in [0.5, 0.6) is 0 Å². The van der Waals surface area contributed by atoms with Crippen LogP contribution >= 0.6 is 0 Å². The maximum absolute atomic E-state index is 5.54. The van der Waals surface area contributed by atoms with Gasteiger partial charge in [0.05, 0.1) is 19.8 Å². The minimum atomic E-state index is 0.753. The normalized spacial score (nSPS) is 19.9. The lowest BCUT2D eigenvalue weighted by Gasteiger charge is -2.33. The molecule has 2 aromatic rings. The Hall–Kier alpha value is -2.47. The Morgan fingerprint density at radius 2 is 1.68 bits per heavy atom. The zero-order chi connectivity index (χ0) is 18.9. The number of fused-ring (bicyclic) bond motifs is 1. The fourth-order valence-electron chi connectivity index (χ4n) is 4.23. The third-order valence-electron chi connectivity index (χ3n) is 6.06. The number of aromatic nitrogens is 2. The van der Waals surface area contributed by atoms with E-state index in [0.29, 0.717) is 0 Å². The Kier molecular flexibility index (Phi) is 4.72. The first-order valence-corrected chi connectivity index (χ1v) is 10.4. The molecule has 0 radical (unpaired) electrons. The summed E-state index contributed by atoms with van der Waals surface area (Å²) < 4.78 is 5.54. The van der Waals surface area contributed by atoms with Gasteiger partial charge in [-0.2, -0.15) is 0 Å². The third kappa shape index (κ3) is 3.37. The smallest absolute Gasteiger partial charge is 0.164 e. The van der Waals surface area contributed by atoms with E-state index in [4.69, 9.17) is 14.7 Å². The fourth-order valence-corrected chi connectivity index (χ4v) is 4.23. The van der Waals surface area contributed by atoms with E-state index in [2.05, 4.69) is 46.0 Å². The molecule has 0 spiro atoms. The quantitative estimate of drug-likeness (QED) is 0.822. The molecule has 0 aliphatic carbocycles. The molecule has 2 fully saturated rings. The summed E-state index contributed by atoms with van der Waals surface area (Å²) in [4.78, 5) is 19.2. The topological polar surface area (TPSA) is 53.9 Å². The van der Waals surface area contributed by atoms with E-state index < -0.39 is 0 Å². The molecule has 28 heavy (non-hydrogen) atoms. The molecule has 5 rings (SSSR count). The van der Waals surface area contributed by atoms with Crippen LogP contribution in [0.2, 0.25) is 0 Å². The summed E-state index contributed by atoms with van der Waals surface area (Å²) in [6.45, 7) is 8.48. The molecule has 0 bridgehead atoms. The zero-order valence-corrected chi connectivity index (χ0v) is 16.5. The highest BCUT2D eigenvalue weighted by molar-refractivity contribution is 5.93. The number of hydrogen-bond donors (Lipinski definition) is 0. The van der Waals surface area contributed by atoms with Gasteiger partial charge in [0.1, 0.15) is 11.6 Å². The van der Waals surface area contributed by atoms with Crippen molar-refractivity contribution < 1.29 is 4.74 Å². The molecule has 3 aliphatic heterocycles. The molecule has 6 nitrogen and oxygen atoms in total. The number of anilines is 2. The molecular formula is C22H27N5O. The van der Waals surface area contributed by atoms with E-state index in [1.165, 1.54) is 24.0 Å². The Morgan fingerprint density at radius 3 is 2.43 bits per heavy atom. The lowest BCUT2D eigenvalue weighted by Crippen LogP contribution is -2.37. The highest BCUT2D eigenvalue weighted by Gasteiger charge is 2.22. The molecule has 0 atom stereocenters. The van der Waals surface area contributed by atoms with Crippen molar-refractivity contribution in [2.75, 3.05) is 49.2 Å². The highest BCUT2D eigenvalue weighted by atomic mass is 16.5. The first-order valence-electron chi connectivity index (χ1n) is 10.4. The zero-order valence-electron chi connectivity index (χ0n) is 16.5. The average molecular weight is 377 g/mol. The van der Waals surface area contributed by atoms with E-state index in [-0.39, 0.29) is 0 Å². The van der Waals surface area contributed by atoms with Gasteiger partial charge >= 0.3 is 0 Å². The number of nitrogens with zero attached hydrogens (tertiary/aromatic N) is 5. The average Bonchev–Trinajstić information content (AvgIpc) is 3.23. The van der Waals surface area contributed by atoms with Gasteiger partial charge in [-0.15, -0.1) is 0 Å². The summed E-state index contributed by atoms with van der Waals surface area (Å²) in [7, 11) is 0. The molecule has 146 valence electrons. The van der Waals surface area contributed by atoms with Crippen LogP contribution in [0.1, 0.15) is 30.9 Å². The molecule has 4 heterocycles. The van der Waals surface area contributed by atoms with Crippen LogP contribution < -0.4 is 9.80 Å². The van der Waals surface area contributed by atoms with Gasteiger partial charge in [-0.3, -0.25) is 4.99 Å². The number of morpholine rings is 1. The van der Waals surface area contributed by atoms with Crippen LogP contribution in [0.25, 0.3) is 11.4 Å². The van der Waals surface area contributed by atoms with Crippen molar-refractivity contribution >= 4 is 17.9 Å². The maximum atomic E-state index is 5.54. The molecule has 3 aliphatic rings. The van der Waals surface area contributed by atoms with Crippen molar-refractivity contribution in [1.29, 1.82) is 0 Å². The molecule has 0 saturated carbocycles. The first-order chi connectivity index (χ1) is 13.8. The fraction of sp³-hybridized carbons (Fsp3) is 0.500. The summed E-state index contributed by atoms with van der Waals surface area (Å²) >= 11 is 0. The summed E-state index contributed by atoms with van der Waals surface area (Å²) in [6, 6.07) is 8.53. The van der Waals surface area contributed by atoms with Gasteiger partial charge in [-0.25, -0.2) is 9.97 Å². The molecule has 2 saturated heterocycles. The van der Waals surface area contributed by atoms with Crippen molar-refractivity contribution in [3.8, 4) is 11.4 Å². The van der Waals surface area contributed by atoms with E-state index in [1.807, 2.05) is 6.21 Å². The monoisotopic (exact) mass is 377 g/mol. The Balaban J connectivity index is 1.57. The van der Waals surface area contributed by atoms with Crippen LogP contribution in [-0.2, 0) is 11.3 Å². The number of ether oxygens (including phenoxy) is 1. The number of hydrogen-bond acceptors (Lipinski definition) is 6. The molecule has 0 N–H and O–H groups in total. The van der Waals surface area contributed by atoms with Crippen LogP contribution in [0, 0.1) is 5.92 Å². The Morgan fingerprint density at radius 1 is 0.964 bits per heavy atom. The van der Waals surface area contributed by atoms with Crippen LogP contribution in [0.3, 0.4) is 0 Å². The summed E-state index contributed by atoms with van der Waals surface area (Å²) in [5, 5.41) is 0. The third-order valence-corrected chi connectivity index (χ3v) is 6.06. The van der Waals surface area contributed by atoms with Crippen molar-refractivity contribution in [2.45, 2.75) is 26.3 Å². The number of piperidine rings is 1. The standard InChI is InChI=1S/C22H27N5O/c1-16-5-7-26(8-6-16)20-13-21(27-9-11-28-12-10-27)25-22(24-20)18-4-2-3-17-14-23-15-19(17)18/h2-4,13,15-16H,5-12,14H2,1H3. The number of rotatable bonds is 3. The van der Waals surface area contributed by atoms with Crippen LogP contribution in [0.4, 0.5) is 11.6 Å². The summed E-state index contributed by atoms with van der Waals surface area (Å²) in [5.74, 6) is 3.66. The van der Waals surface area contributed by atoms with Crippen molar-refractivity contribution in [1.82, 2.24) is 9.97 Å². The van der Waals surface area contributed by atoms with E-state index in [9.17, 15) is 0 Å². The number of aliphatic imine (C=N–C) groups is 1. The summed E-state index contributed by atoms with van der Waals surface area (Å²) in [6.07, 6.45) is 4.41. The SMILES string of the molecule is CC1CCN(c2cc(N3CCOCC3)nc(-c3cccc4c3C=NC4)n2)CC1. The van der Waals surface area contributed by atoms with E-state index >= 15 is 0 Å². The number of benzene rings is 1. The molecule has 0 amide bonds. The van der Waals surface area contributed by atoms with Crippen LogP contribution in [0.15, 0.2) is 29.3 Å². The van der Waals surface area contributed by atoms with Crippen molar-refractivity contribution in [3.05, 3.63) is 35.4 Å². The second-order valence-electron chi connectivity index (χ2n) is 8.03. The van der Waals surface area contributed by atoms with Gasteiger partial charge in [-0.05, 0) is 24.3 Å². The van der Waals surface area contributed by atoms with Gasteiger partial charge in [0, 0.05) is 49.6 Å². The highest BCUT2D eigenvalue weighted by Crippen LogP contribution is 2.31. The predicted molar refractivity (Wildman–Crippen MR) is 112 cm³/mol. The van der Waals surface area contributed by atoms with E-state index in [0.717, 1.165) is 74.9 Å². The Labute approximate surface area is 166 Å². The van der Waals surface area contributed by atoms with Gasteiger partial charge in [-0.1, -0.05) is 25.1 Å². The lowest BCUT2D eigenvalue weighted by atomic mass is 9.99. The van der Waals surface area contributed by atoms with Crippen LogP contribution in [-0.4, -0.2) is 55.6 Å². The van der Waals surface area contributed by atoms with Crippen molar-refractivity contribution in [3.63, 3.8) is 0 Å². The van der Waals surface area contributed by atoms with Gasteiger partial charge in [0.25, 0.3) is 0 Å². The van der Waals surface area contributed by atoms with Gasteiger partial charge in [0.15, 0.2) is 5.82 Å². The minimum Gasteiger partial charge on any atom is -0.378 e. The van der Waals surface area contributed by atoms with Crippen molar-refractivity contribution in [2.24, 2.45) is 10.9 Å². The molecule has 1 aromatic carbocycles. The predicted octanol–water partition coefficient (Wildman–Crippen LogP) is 3.15. The molecule has 1 aromatic heterocycles. The largest absolute Gasteiger partial charge is 0.378 e.